The van der Waals surface area contributed by atoms with Gasteiger partial charge in [0.2, 0.25) is 0 Å². The largest absolute Gasteiger partial charge is 0.484 e. The maximum Gasteiger partial charge on any atom is 0.422 e. The Balaban J connectivity index is 1.90. The number of benzene rings is 1. The Kier molecular flexibility index (Phi) is 4.69. The highest BCUT2D eigenvalue weighted by Gasteiger charge is 2.28. The number of halogens is 3. The average molecular weight is 273 g/mol. The Morgan fingerprint density at radius 2 is 1.84 bits per heavy atom. The number of rotatable bonds is 4. The van der Waals surface area contributed by atoms with Crippen LogP contribution in [0, 0.1) is 0 Å². The molecule has 1 aromatic carbocycles. The zero-order valence-electron chi connectivity index (χ0n) is 10.7. The Morgan fingerprint density at radius 1 is 1.11 bits per heavy atom. The Labute approximate surface area is 111 Å². The number of ether oxygens (including phenoxy) is 1. The van der Waals surface area contributed by atoms with Gasteiger partial charge in [0, 0.05) is 6.54 Å². The lowest BCUT2D eigenvalue weighted by Gasteiger charge is -2.26. The molecule has 1 aromatic rings. The van der Waals surface area contributed by atoms with E-state index in [9.17, 15) is 13.2 Å². The van der Waals surface area contributed by atoms with Crippen molar-refractivity contribution in [3.63, 3.8) is 0 Å². The molecule has 19 heavy (non-hydrogen) atoms. The second kappa shape index (κ2) is 6.28. The van der Waals surface area contributed by atoms with Crippen molar-refractivity contribution in [2.24, 2.45) is 0 Å². The molecule has 0 aromatic heterocycles. The Bertz CT molecular complexity index is 400. The maximum absolute atomic E-state index is 12.1. The second-order valence-corrected chi connectivity index (χ2v) is 4.89. The van der Waals surface area contributed by atoms with Crippen LogP contribution in [-0.4, -0.2) is 30.8 Å². The smallest absolute Gasteiger partial charge is 0.422 e. The highest BCUT2D eigenvalue weighted by Crippen LogP contribution is 2.20. The molecule has 2 rings (SSSR count). The Hall–Kier alpha value is -1.23. The van der Waals surface area contributed by atoms with E-state index in [1.54, 1.807) is 18.2 Å². The molecule has 0 aliphatic carbocycles. The van der Waals surface area contributed by atoms with Crippen LogP contribution in [-0.2, 0) is 6.54 Å². The van der Waals surface area contributed by atoms with Crippen molar-refractivity contribution in [1.82, 2.24) is 4.90 Å². The Morgan fingerprint density at radius 3 is 2.53 bits per heavy atom. The fourth-order valence-electron chi connectivity index (χ4n) is 2.27. The first-order valence-electron chi connectivity index (χ1n) is 6.54. The van der Waals surface area contributed by atoms with Crippen LogP contribution in [0.25, 0.3) is 0 Å². The molecule has 106 valence electrons. The third-order valence-electron chi connectivity index (χ3n) is 3.16. The number of hydrogen-bond donors (Lipinski definition) is 0. The zero-order valence-corrected chi connectivity index (χ0v) is 10.7. The van der Waals surface area contributed by atoms with Crippen molar-refractivity contribution < 1.29 is 17.9 Å². The van der Waals surface area contributed by atoms with Crippen LogP contribution in [0.1, 0.15) is 24.8 Å². The van der Waals surface area contributed by atoms with Crippen molar-refractivity contribution in [3.05, 3.63) is 29.8 Å². The number of piperidine rings is 1. The quantitative estimate of drug-likeness (QED) is 0.831. The molecule has 1 aliphatic rings. The summed E-state index contributed by atoms with van der Waals surface area (Å²) in [6.07, 6.45) is -0.622. The lowest BCUT2D eigenvalue weighted by atomic mass is 10.1. The normalized spacial score (nSPS) is 17.4. The molecule has 2 nitrogen and oxygen atoms in total. The van der Waals surface area contributed by atoms with Crippen LogP contribution in [0.5, 0.6) is 5.75 Å². The molecule has 1 fully saturated rings. The van der Waals surface area contributed by atoms with Crippen LogP contribution in [0.4, 0.5) is 13.2 Å². The average Bonchev–Trinajstić information content (AvgIpc) is 2.37. The zero-order chi connectivity index (χ0) is 13.7. The van der Waals surface area contributed by atoms with Crippen LogP contribution in [0.15, 0.2) is 24.3 Å². The first-order chi connectivity index (χ1) is 9.03. The summed E-state index contributed by atoms with van der Waals surface area (Å²) < 4.78 is 41.0. The fraction of sp³-hybridized carbons (Fsp3) is 0.571. The van der Waals surface area contributed by atoms with Gasteiger partial charge in [-0.2, -0.15) is 13.2 Å². The van der Waals surface area contributed by atoms with E-state index in [1.165, 1.54) is 19.3 Å². The maximum atomic E-state index is 12.1. The minimum atomic E-state index is -4.29. The summed E-state index contributed by atoms with van der Waals surface area (Å²) in [6.45, 7) is 1.67. The third-order valence-corrected chi connectivity index (χ3v) is 3.16. The van der Waals surface area contributed by atoms with Gasteiger partial charge < -0.3 is 4.74 Å². The van der Waals surface area contributed by atoms with E-state index in [0.717, 1.165) is 25.2 Å². The van der Waals surface area contributed by atoms with Crippen molar-refractivity contribution >= 4 is 0 Å². The molecule has 0 atom stereocenters. The summed E-state index contributed by atoms with van der Waals surface area (Å²) in [5.74, 6) is 0.284. The standard InChI is InChI=1S/C14H18F3NO/c15-14(16,17)11-19-13-6-4-5-12(9-13)10-18-7-2-1-3-8-18/h4-6,9H,1-3,7-8,10-11H2. The molecule has 0 radical (unpaired) electrons. The van der Waals surface area contributed by atoms with Gasteiger partial charge in [0.25, 0.3) is 0 Å². The molecule has 5 heteroatoms. The van der Waals surface area contributed by atoms with Crippen molar-refractivity contribution in [3.8, 4) is 5.75 Å². The van der Waals surface area contributed by atoms with Gasteiger partial charge in [0.15, 0.2) is 6.61 Å². The van der Waals surface area contributed by atoms with E-state index in [2.05, 4.69) is 4.90 Å². The molecule has 0 N–H and O–H groups in total. The molecule has 0 saturated carbocycles. The van der Waals surface area contributed by atoms with Gasteiger partial charge in [-0.1, -0.05) is 18.6 Å². The summed E-state index contributed by atoms with van der Waals surface area (Å²) in [5, 5.41) is 0. The lowest BCUT2D eigenvalue weighted by Crippen LogP contribution is -2.29. The van der Waals surface area contributed by atoms with Gasteiger partial charge in [-0.15, -0.1) is 0 Å². The predicted octanol–water partition coefficient (Wildman–Crippen LogP) is 3.61. The van der Waals surface area contributed by atoms with Gasteiger partial charge in [-0.25, -0.2) is 0 Å². The van der Waals surface area contributed by atoms with Gasteiger partial charge >= 0.3 is 6.18 Å². The molecule has 1 heterocycles. The van der Waals surface area contributed by atoms with Gasteiger partial charge in [-0.3, -0.25) is 4.90 Å². The molecule has 0 spiro atoms. The van der Waals surface area contributed by atoms with E-state index >= 15 is 0 Å². The molecule has 0 bridgehead atoms. The SMILES string of the molecule is FC(F)(F)COc1cccc(CN2CCCCC2)c1. The van der Waals surface area contributed by atoms with Crippen molar-refractivity contribution in [1.29, 1.82) is 0 Å². The first-order valence-corrected chi connectivity index (χ1v) is 6.54. The monoisotopic (exact) mass is 273 g/mol. The summed E-state index contributed by atoms with van der Waals surface area (Å²) in [4.78, 5) is 2.33. The van der Waals surface area contributed by atoms with E-state index in [0.29, 0.717) is 0 Å². The number of hydrogen-bond acceptors (Lipinski definition) is 2. The number of nitrogens with zero attached hydrogens (tertiary/aromatic N) is 1. The second-order valence-electron chi connectivity index (χ2n) is 4.89. The van der Waals surface area contributed by atoms with E-state index < -0.39 is 12.8 Å². The van der Waals surface area contributed by atoms with Crippen LogP contribution in [0.3, 0.4) is 0 Å². The summed E-state index contributed by atoms with van der Waals surface area (Å²) >= 11 is 0. The van der Waals surface area contributed by atoms with E-state index in [1.807, 2.05) is 6.07 Å². The molecular formula is C14H18F3NO. The predicted molar refractivity (Wildman–Crippen MR) is 67.1 cm³/mol. The number of likely N-dealkylation sites (tertiary alicyclic amines) is 1. The van der Waals surface area contributed by atoms with Crippen LogP contribution >= 0.6 is 0 Å². The van der Waals surface area contributed by atoms with Crippen LogP contribution in [0.2, 0.25) is 0 Å². The summed E-state index contributed by atoms with van der Waals surface area (Å²) in [5.41, 5.74) is 1.00. The van der Waals surface area contributed by atoms with Crippen LogP contribution < -0.4 is 4.74 Å². The van der Waals surface area contributed by atoms with E-state index in [-0.39, 0.29) is 5.75 Å². The third kappa shape index (κ3) is 5.11. The molecular weight excluding hydrogens is 255 g/mol. The molecule has 0 unspecified atom stereocenters. The first kappa shape index (κ1) is 14.2. The lowest BCUT2D eigenvalue weighted by molar-refractivity contribution is -0.153. The topological polar surface area (TPSA) is 12.5 Å². The minimum absolute atomic E-state index is 0.284. The number of alkyl halides is 3. The molecule has 1 aliphatic heterocycles. The highest BCUT2D eigenvalue weighted by atomic mass is 19.4. The summed E-state index contributed by atoms with van der Waals surface area (Å²) in [6, 6.07) is 6.92. The van der Waals surface area contributed by atoms with Crippen molar-refractivity contribution in [2.75, 3.05) is 19.7 Å². The van der Waals surface area contributed by atoms with Gasteiger partial charge in [0.1, 0.15) is 5.75 Å². The van der Waals surface area contributed by atoms with Gasteiger partial charge in [0.05, 0.1) is 0 Å². The highest BCUT2D eigenvalue weighted by molar-refractivity contribution is 5.28. The van der Waals surface area contributed by atoms with Crippen molar-refractivity contribution in [2.45, 2.75) is 32.0 Å². The van der Waals surface area contributed by atoms with E-state index in [4.69, 9.17) is 4.74 Å². The molecule has 1 saturated heterocycles. The minimum Gasteiger partial charge on any atom is -0.484 e. The van der Waals surface area contributed by atoms with Gasteiger partial charge in [-0.05, 0) is 43.6 Å². The fourth-order valence-corrected chi connectivity index (χ4v) is 2.27. The molecule has 0 amide bonds. The summed E-state index contributed by atoms with van der Waals surface area (Å²) in [7, 11) is 0.